The molecule has 1 aromatic heterocycles. The monoisotopic (exact) mass is 293 g/mol. The number of rotatable bonds is 7. The third kappa shape index (κ3) is 5.38. The molecule has 2 heterocycles. The zero-order chi connectivity index (χ0) is 15.0. The highest BCUT2D eigenvalue weighted by Gasteiger charge is 2.29. The summed E-state index contributed by atoms with van der Waals surface area (Å²) in [5, 5.41) is 10.8. The van der Waals surface area contributed by atoms with Crippen molar-refractivity contribution < 1.29 is 4.74 Å². The van der Waals surface area contributed by atoms with Crippen molar-refractivity contribution >= 4 is 5.96 Å². The second-order valence-electron chi connectivity index (χ2n) is 5.65. The molecule has 1 fully saturated rings. The van der Waals surface area contributed by atoms with Crippen LogP contribution in [0.25, 0.3) is 0 Å². The molecule has 6 nitrogen and oxygen atoms in total. The largest absolute Gasteiger partial charge is 0.373 e. The molecular formula is C15H27N5O. The van der Waals surface area contributed by atoms with Gasteiger partial charge in [-0.3, -0.25) is 9.67 Å². The lowest BCUT2D eigenvalue weighted by Gasteiger charge is -2.21. The molecule has 2 N–H and O–H groups in total. The van der Waals surface area contributed by atoms with E-state index in [4.69, 9.17) is 4.74 Å². The van der Waals surface area contributed by atoms with E-state index in [2.05, 4.69) is 34.6 Å². The standard InChI is InChI=1S/C15H27N5O/c1-3-16-14(18-13-15(2)7-4-12-21-15)17-8-5-10-20-11-6-9-19-20/h6,9,11H,3-5,7-8,10,12-13H2,1-2H3,(H2,16,17,18). The Balaban J connectivity index is 1.72. The van der Waals surface area contributed by atoms with Gasteiger partial charge in [-0.1, -0.05) is 0 Å². The molecule has 0 aliphatic carbocycles. The minimum Gasteiger partial charge on any atom is -0.373 e. The predicted molar refractivity (Wildman–Crippen MR) is 84.4 cm³/mol. The molecule has 21 heavy (non-hydrogen) atoms. The molecule has 1 saturated heterocycles. The van der Waals surface area contributed by atoms with E-state index in [1.807, 2.05) is 16.9 Å². The third-order valence-corrected chi connectivity index (χ3v) is 3.63. The summed E-state index contributed by atoms with van der Waals surface area (Å²) < 4.78 is 7.71. The number of aliphatic imine (C=N–C) groups is 1. The first-order valence-corrected chi connectivity index (χ1v) is 7.85. The highest BCUT2D eigenvalue weighted by molar-refractivity contribution is 5.79. The van der Waals surface area contributed by atoms with Crippen LogP contribution in [0.3, 0.4) is 0 Å². The number of hydrogen-bond donors (Lipinski definition) is 2. The van der Waals surface area contributed by atoms with Crippen molar-refractivity contribution in [1.82, 2.24) is 20.4 Å². The lowest BCUT2D eigenvalue weighted by Crippen LogP contribution is -2.39. The van der Waals surface area contributed by atoms with Crippen LogP contribution in [0.5, 0.6) is 0 Å². The molecule has 1 atom stereocenters. The smallest absolute Gasteiger partial charge is 0.191 e. The fraction of sp³-hybridized carbons (Fsp3) is 0.733. The average molecular weight is 293 g/mol. The Morgan fingerprint density at radius 3 is 3.05 bits per heavy atom. The molecule has 0 radical (unpaired) electrons. The van der Waals surface area contributed by atoms with Gasteiger partial charge in [-0.2, -0.15) is 5.10 Å². The van der Waals surface area contributed by atoms with Gasteiger partial charge in [0.05, 0.1) is 12.1 Å². The highest BCUT2D eigenvalue weighted by atomic mass is 16.5. The molecule has 2 rings (SSSR count). The van der Waals surface area contributed by atoms with Gasteiger partial charge < -0.3 is 15.4 Å². The summed E-state index contributed by atoms with van der Waals surface area (Å²) in [6.07, 6.45) is 7.04. The fourth-order valence-corrected chi connectivity index (χ4v) is 2.43. The topological polar surface area (TPSA) is 63.5 Å². The number of hydrogen-bond acceptors (Lipinski definition) is 3. The van der Waals surface area contributed by atoms with E-state index in [0.717, 1.165) is 51.5 Å². The van der Waals surface area contributed by atoms with E-state index in [0.29, 0.717) is 6.54 Å². The summed E-state index contributed by atoms with van der Waals surface area (Å²) in [5.41, 5.74) is -0.0859. The van der Waals surface area contributed by atoms with Gasteiger partial charge >= 0.3 is 0 Å². The van der Waals surface area contributed by atoms with Crippen LogP contribution in [0, 0.1) is 0 Å². The summed E-state index contributed by atoms with van der Waals surface area (Å²) in [6, 6.07) is 1.95. The Labute approximate surface area is 127 Å². The summed E-state index contributed by atoms with van der Waals surface area (Å²) in [6.45, 7) is 8.45. The van der Waals surface area contributed by atoms with Crippen molar-refractivity contribution in [2.75, 3.05) is 26.2 Å². The predicted octanol–water partition coefficient (Wildman–Crippen LogP) is 1.40. The van der Waals surface area contributed by atoms with Crippen LogP contribution in [-0.2, 0) is 11.3 Å². The number of aromatic nitrogens is 2. The van der Waals surface area contributed by atoms with Crippen LogP contribution >= 0.6 is 0 Å². The normalized spacial score (nSPS) is 22.5. The van der Waals surface area contributed by atoms with Crippen LogP contribution in [-0.4, -0.2) is 47.6 Å². The first-order valence-electron chi connectivity index (χ1n) is 7.85. The number of nitrogens with one attached hydrogen (secondary N) is 2. The zero-order valence-electron chi connectivity index (χ0n) is 13.1. The number of guanidine groups is 1. The molecule has 1 aliphatic rings. The maximum absolute atomic E-state index is 5.77. The summed E-state index contributed by atoms with van der Waals surface area (Å²) in [4.78, 5) is 4.65. The molecule has 0 aromatic carbocycles. The Kier molecular flexibility index (Phi) is 6.04. The van der Waals surface area contributed by atoms with E-state index >= 15 is 0 Å². The van der Waals surface area contributed by atoms with Gasteiger partial charge in [-0.05, 0) is 39.2 Å². The Hall–Kier alpha value is -1.56. The maximum atomic E-state index is 5.77. The van der Waals surface area contributed by atoms with Crippen molar-refractivity contribution in [1.29, 1.82) is 0 Å². The molecule has 0 spiro atoms. The highest BCUT2D eigenvalue weighted by Crippen LogP contribution is 2.24. The second-order valence-corrected chi connectivity index (χ2v) is 5.65. The van der Waals surface area contributed by atoms with Crippen molar-refractivity contribution in [3.63, 3.8) is 0 Å². The van der Waals surface area contributed by atoms with Crippen molar-refractivity contribution in [3.05, 3.63) is 18.5 Å². The second kappa shape index (κ2) is 8.02. The van der Waals surface area contributed by atoms with E-state index < -0.39 is 0 Å². The van der Waals surface area contributed by atoms with E-state index in [1.54, 1.807) is 6.20 Å². The fourth-order valence-electron chi connectivity index (χ4n) is 2.43. The molecule has 0 saturated carbocycles. The Bertz CT molecular complexity index is 423. The van der Waals surface area contributed by atoms with Gasteiger partial charge in [0.1, 0.15) is 0 Å². The lowest BCUT2D eigenvalue weighted by molar-refractivity contribution is 0.0283. The van der Waals surface area contributed by atoms with Gasteiger partial charge in [0.15, 0.2) is 5.96 Å². The van der Waals surface area contributed by atoms with Gasteiger partial charge in [-0.25, -0.2) is 0 Å². The maximum Gasteiger partial charge on any atom is 0.191 e. The molecule has 6 heteroatoms. The number of nitrogens with zero attached hydrogens (tertiary/aromatic N) is 3. The van der Waals surface area contributed by atoms with Crippen molar-refractivity contribution in [2.45, 2.75) is 45.3 Å². The van der Waals surface area contributed by atoms with Crippen molar-refractivity contribution in [3.8, 4) is 0 Å². The van der Waals surface area contributed by atoms with Gasteiger partial charge in [0.25, 0.3) is 0 Å². The number of aryl methyl sites for hydroxylation is 1. The van der Waals surface area contributed by atoms with Crippen LogP contribution in [0.4, 0.5) is 0 Å². The Morgan fingerprint density at radius 1 is 1.48 bits per heavy atom. The van der Waals surface area contributed by atoms with Crippen molar-refractivity contribution in [2.24, 2.45) is 4.99 Å². The summed E-state index contributed by atoms with van der Waals surface area (Å²) in [5.74, 6) is 0.870. The molecule has 0 bridgehead atoms. The number of ether oxygens (including phenoxy) is 1. The quantitative estimate of drug-likeness (QED) is 0.453. The molecular weight excluding hydrogens is 266 g/mol. The SMILES string of the molecule is CCNC(=NCC1(C)CCCO1)NCCCn1cccn1. The van der Waals surface area contributed by atoms with E-state index in [1.165, 1.54) is 0 Å². The first-order chi connectivity index (χ1) is 10.2. The van der Waals surface area contributed by atoms with Crippen LogP contribution in [0.2, 0.25) is 0 Å². The average Bonchev–Trinajstić information content (AvgIpc) is 3.13. The van der Waals surface area contributed by atoms with E-state index in [-0.39, 0.29) is 5.60 Å². The molecule has 1 aliphatic heterocycles. The first kappa shape index (κ1) is 15.8. The minimum atomic E-state index is -0.0859. The molecule has 118 valence electrons. The summed E-state index contributed by atoms with van der Waals surface area (Å²) >= 11 is 0. The summed E-state index contributed by atoms with van der Waals surface area (Å²) in [7, 11) is 0. The van der Waals surface area contributed by atoms with Crippen LogP contribution < -0.4 is 10.6 Å². The van der Waals surface area contributed by atoms with E-state index in [9.17, 15) is 0 Å². The third-order valence-electron chi connectivity index (χ3n) is 3.63. The van der Waals surface area contributed by atoms with Crippen LogP contribution in [0.1, 0.15) is 33.1 Å². The molecule has 1 aromatic rings. The van der Waals surface area contributed by atoms with Gasteiger partial charge in [0, 0.05) is 38.6 Å². The minimum absolute atomic E-state index is 0.0859. The lowest BCUT2D eigenvalue weighted by atomic mass is 10.0. The Morgan fingerprint density at radius 2 is 2.38 bits per heavy atom. The van der Waals surface area contributed by atoms with Crippen LogP contribution in [0.15, 0.2) is 23.5 Å². The molecule has 0 amide bonds. The molecule has 1 unspecified atom stereocenters. The van der Waals surface area contributed by atoms with Gasteiger partial charge in [0.2, 0.25) is 0 Å². The zero-order valence-corrected chi connectivity index (χ0v) is 13.1. The van der Waals surface area contributed by atoms with Gasteiger partial charge in [-0.15, -0.1) is 0 Å².